The molecular weight excluding hydrogens is 368 g/mol. The Morgan fingerprint density at radius 3 is 2.48 bits per heavy atom. The van der Waals surface area contributed by atoms with Crippen LogP contribution in [0.15, 0.2) is 71.5 Å². The molecule has 0 aliphatic heterocycles. The minimum absolute atomic E-state index is 0.0207. The molecule has 6 heteroatoms. The molecule has 0 unspecified atom stereocenters. The van der Waals surface area contributed by atoms with Gasteiger partial charge in [-0.3, -0.25) is 9.36 Å². The van der Waals surface area contributed by atoms with E-state index in [9.17, 15) is 15.0 Å². The molecule has 144 valence electrons. The van der Waals surface area contributed by atoms with Gasteiger partial charge in [-0.25, -0.2) is 4.98 Å². The highest BCUT2D eigenvalue weighted by molar-refractivity contribution is 5.80. The second-order valence-corrected chi connectivity index (χ2v) is 6.38. The fourth-order valence-electron chi connectivity index (χ4n) is 3.12. The molecule has 0 atom stereocenters. The van der Waals surface area contributed by atoms with Gasteiger partial charge < -0.3 is 14.9 Å². The number of ether oxygens (including phenoxy) is 1. The standard InChI is InChI=1S/C23H18N2O4/c1-29-21-14-15(10-12-20(21)27)11-13-22-24-17-7-3-2-6-16(17)23(28)25(22)18-8-4-5-9-19(18)26/h2-14,26-27H,1H3. The zero-order valence-electron chi connectivity index (χ0n) is 15.6. The van der Waals surface area contributed by atoms with E-state index in [0.717, 1.165) is 5.56 Å². The monoisotopic (exact) mass is 386 g/mol. The molecule has 2 N–H and O–H groups in total. The van der Waals surface area contributed by atoms with Crippen LogP contribution in [-0.2, 0) is 0 Å². The third-order valence-electron chi connectivity index (χ3n) is 4.55. The molecule has 4 rings (SSSR count). The SMILES string of the molecule is COc1cc(C=Cc2nc3ccccc3c(=O)n2-c2ccccc2O)ccc1O. The maximum Gasteiger partial charge on any atom is 0.266 e. The van der Waals surface area contributed by atoms with Crippen molar-refractivity contribution in [3.8, 4) is 22.9 Å². The first-order valence-electron chi connectivity index (χ1n) is 8.94. The summed E-state index contributed by atoms with van der Waals surface area (Å²) in [6.07, 6.45) is 3.45. The van der Waals surface area contributed by atoms with E-state index in [0.29, 0.717) is 28.2 Å². The summed E-state index contributed by atoms with van der Waals surface area (Å²) >= 11 is 0. The number of benzene rings is 3. The molecule has 0 saturated heterocycles. The van der Waals surface area contributed by atoms with Gasteiger partial charge >= 0.3 is 0 Å². The van der Waals surface area contributed by atoms with Crippen molar-refractivity contribution in [2.24, 2.45) is 0 Å². The lowest BCUT2D eigenvalue weighted by Crippen LogP contribution is -2.22. The third-order valence-corrected chi connectivity index (χ3v) is 4.55. The maximum atomic E-state index is 13.2. The van der Waals surface area contributed by atoms with Crippen LogP contribution in [-0.4, -0.2) is 26.9 Å². The van der Waals surface area contributed by atoms with Gasteiger partial charge in [0, 0.05) is 0 Å². The normalized spacial score (nSPS) is 11.2. The summed E-state index contributed by atoms with van der Waals surface area (Å²) in [6, 6.07) is 18.6. The van der Waals surface area contributed by atoms with Gasteiger partial charge in [0.2, 0.25) is 0 Å². The first-order valence-corrected chi connectivity index (χ1v) is 8.94. The molecule has 1 heterocycles. The first kappa shape index (κ1) is 18.3. The molecule has 0 spiro atoms. The van der Waals surface area contributed by atoms with E-state index in [1.165, 1.54) is 23.8 Å². The van der Waals surface area contributed by atoms with Crippen LogP contribution in [0.3, 0.4) is 0 Å². The predicted molar refractivity (Wildman–Crippen MR) is 113 cm³/mol. The lowest BCUT2D eigenvalue weighted by Gasteiger charge is -2.12. The number of methoxy groups -OCH3 is 1. The van der Waals surface area contributed by atoms with Crippen LogP contribution < -0.4 is 10.3 Å². The van der Waals surface area contributed by atoms with Gasteiger partial charge in [-0.2, -0.15) is 0 Å². The number of hydrogen-bond acceptors (Lipinski definition) is 5. The Hall–Kier alpha value is -4.06. The molecule has 0 aliphatic rings. The second-order valence-electron chi connectivity index (χ2n) is 6.38. The van der Waals surface area contributed by atoms with Crippen molar-refractivity contribution in [2.75, 3.05) is 7.11 Å². The summed E-state index contributed by atoms with van der Waals surface area (Å²) in [7, 11) is 1.48. The number of phenols is 2. The van der Waals surface area contributed by atoms with Gasteiger partial charge in [0.15, 0.2) is 11.5 Å². The fraction of sp³-hybridized carbons (Fsp3) is 0.0435. The Bertz CT molecular complexity index is 1290. The van der Waals surface area contributed by atoms with Crippen LogP contribution >= 0.6 is 0 Å². The summed E-state index contributed by atoms with van der Waals surface area (Å²) in [5.74, 6) is 0.728. The molecule has 0 amide bonds. The van der Waals surface area contributed by atoms with E-state index in [4.69, 9.17) is 4.74 Å². The molecule has 4 aromatic rings. The second kappa shape index (κ2) is 7.52. The van der Waals surface area contributed by atoms with Crippen molar-refractivity contribution >= 4 is 23.1 Å². The van der Waals surface area contributed by atoms with Gasteiger partial charge in [-0.1, -0.05) is 36.4 Å². The van der Waals surface area contributed by atoms with E-state index in [1.54, 1.807) is 60.7 Å². The van der Waals surface area contributed by atoms with Crippen molar-refractivity contribution in [3.63, 3.8) is 0 Å². The molecule has 1 aromatic heterocycles. The largest absolute Gasteiger partial charge is 0.506 e. The third kappa shape index (κ3) is 3.43. The summed E-state index contributed by atoms with van der Waals surface area (Å²) in [4.78, 5) is 17.8. The molecule has 0 aliphatic carbocycles. The molecule has 0 saturated carbocycles. The molecule has 0 fully saturated rings. The number of rotatable bonds is 4. The summed E-state index contributed by atoms with van der Waals surface area (Å²) in [5, 5.41) is 20.5. The van der Waals surface area contributed by atoms with E-state index < -0.39 is 0 Å². The van der Waals surface area contributed by atoms with Crippen LogP contribution in [0.1, 0.15) is 11.4 Å². The molecule has 29 heavy (non-hydrogen) atoms. The van der Waals surface area contributed by atoms with Gasteiger partial charge in [0.05, 0.1) is 23.7 Å². The Morgan fingerprint density at radius 1 is 0.931 bits per heavy atom. The highest BCUT2D eigenvalue weighted by Gasteiger charge is 2.13. The van der Waals surface area contributed by atoms with E-state index in [2.05, 4.69) is 4.98 Å². The number of aromatic nitrogens is 2. The summed E-state index contributed by atoms with van der Waals surface area (Å²) < 4.78 is 6.52. The van der Waals surface area contributed by atoms with Crippen LogP contribution in [0.5, 0.6) is 17.2 Å². The van der Waals surface area contributed by atoms with Gasteiger partial charge in [0.1, 0.15) is 11.6 Å². The van der Waals surface area contributed by atoms with E-state index >= 15 is 0 Å². The smallest absolute Gasteiger partial charge is 0.266 e. The van der Waals surface area contributed by atoms with Gasteiger partial charge in [-0.05, 0) is 48.0 Å². The fourth-order valence-corrected chi connectivity index (χ4v) is 3.12. The zero-order valence-corrected chi connectivity index (χ0v) is 15.6. The molecule has 3 aromatic carbocycles. The number of para-hydroxylation sites is 3. The quantitative estimate of drug-likeness (QED) is 0.554. The van der Waals surface area contributed by atoms with Gasteiger partial charge in [0.25, 0.3) is 5.56 Å². The number of hydrogen-bond donors (Lipinski definition) is 2. The molecule has 0 bridgehead atoms. The molecular formula is C23H18N2O4. The minimum atomic E-state index is -0.278. The lowest BCUT2D eigenvalue weighted by molar-refractivity contribution is 0.373. The first-order chi connectivity index (χ1) is 14.1. The molecule has 0 radical (unpaired) electrons. The summed E-state index contributed by atoms with van der Waals surface area (Å²) in [6.45, 7) is 0. The lowest BCUT2D eigenvalue weighted by atomic mass is 10.1. The van der Waals surface area contributed by atoms with Crippen molar-refractivity contribution in [3.05, 3.63) is 88.5 Å². The van der Waals surface area contributed by atoms with E-state index in [1.807, 2.05) is 6.07 Å². The topological polar surface area (TPSA) is 84.6 Å². The number of aromatic hydroxyl groups is 2. The zero-order chi connectivity index (χ0) is 20.4. The van der Waals surface area contributed by atoms with E-state index in [-0.39, 0.29) is 17.1 Å². The van der Waals surface area contributed by atoms with Crippen LogP contribution in [0, 0.1) is 0 Å². The average molecular weight is 386 g/mol. The Morgan fingerprint density at radius 2 is 1.69 bits per heavy atom. The Labute approximate surface area is 166 Å². The summed E-state index contributed by atoms with van der Waals surface area (Å²) in [5.41, 5.74) is 1.39. The Balaban J connectivity index is 1.92. The average Bonchev–Trinajstić information content (AvgIpc) is 2.74. The van der Waals surface area contributed by atoms with Crippen LogP contribution in [0.25, 0.3) is 28.7 Å². The van der Waals surface area contributed by atoms with Gasteiger partial charge in [-0.15, -0.1) is 0 Å². The van der Waals surface area contributed by atoms with Crippen LogP contribution in [0.4, 0.5) is 0 Å². The highest BCUT2D eigenvalue weighted by Crippen LogP contribution is 2.27. The van der Waals surface area contributed by atoms with Crippen molar-refractivity contribution < 1.29 is 14.9 Å². The van der Waals surface area contributed by atoms with Crippen LogP contribution in [0.2, 0.25) is 0 Å². The maximum absolute atomic E-state index is 13.2. The van der Waals surface area contributed by atoms with Crippen molar-refractivity contribution in [1.29, 1.82) is 0 Å². The predicted octanol–water partition coefficient (Wildman–Crippen LogP) is 3.98. The minimum Gasteiger partial charge on any atom is -0.506 e. The highest BCUT2D eigenvalue weighted by atomic mass is 16.5. The Kier molecular flexibility index (Phi) is 4.75. The number of fused-ring (bicyclic) bond motifs is 1. The van der Waals surface area contributed by atoms with Crippen molar-refractivity contribution in [1.82, 2.24) is 9.55 Å². The van der Waals surface area contributed by atoms with Crippen molar-refractivity contribution in [2.45, 2.75) is 0 Å². The number of nitrogens with zero attached hydrogens (tertiary/aromatic N) is 2. The molecule has 6 nitrogen and oxygen atoms in total. The number of phenolic OH excluding ortho intramolecular Hbond substituents is 2.